The zero-order valence-corrected chi connectivity index (χ0v) is 24.7. The number of carbonyl (C=O) groups excluding carboxylic acids is 2. The van der Waals surface area contributed by atoms with Crippen LogP contribution in [0.1, 0.15) is 31.4 Å². The number of rotatable bonds is 11. The molecule has 3 aromatic rings. The monoisotopic (exact) mass is 619 g/mol. The Morgan fingerprint density at radius 3 is 2.34 bits per heavy atom. The number of hydrogen-bond acceptors (Lipinski definition) is 4. The van der Waals surface area contributed by atoms with Gasteiger partial charge in [-0.25, -0.2) is 8.42 Å². The largest absolute Gasteiger partial charge is 0.354 e. The number of para-hydroxylation sites is 1. The Morgan fingerprint density at radius 1 is 1.03 bits per heavy atom. The minimum Gasteiger partial charge on any atom is -0.354 e. The van der Waals surface area contributed by atoms with Gasteiger partial charge in [0.1, 0.15) is 12.6 Å². The molecule has 0 spiro atoms. The van der Waals surface area contributed by atoms with Crippen LogP contribution in [0, 0.1) is 6.92 Å². The fraction of sp³-hybridized carbons (Fsp3) is 0.286. The van der Waals surface area contributed by atoms with Gasteiger partial charge in [0, 0.05) is 17.6 Å². The highest BCUT2D eigenvalue weighted by Gasteiger charge is 2.33. The minimum atomic E-state index is -4.17. The SMILES string of the molecule is CCCNC(=O)[C@@H](C)N(Cc1cccc(Br)c1)C(=O)CN(c1ccccc1Cl)S(=O)(=O)c1ccc(C)cc1. The van der Waals surface area contributed by atoms with E-state index in [4.69, 9.17) is 11.6 Å². The van der Waals surface area contributed by atoms with E-state index < -0.39 is 28.5 Å². The lowest BCUT2D eigenvalue weighted by atomic mass is 10.1. The number of aryl methyl sites for hydroxylation is 1. The number of halogens is 2. The molecule has 0 saturated carbocycles. The molecule has 0 unspecified atom stereocenters. The first-order valence-electron chi connectivity index (χ1n) is 12.2. The molecule has 1 N–H and O–H groups in total. The first-order valence-corrected chi connectivity index (χ1v) is 14.8. The highest BCUT2D eigenvalue weighted by molar-refractivity contribution is 9.10. The van der Waals surface area contributed by atoms with E-state index in [1.54, 1.807) is 43.3 Å². The zero-order valence-electron chi connectivity index (χ0n) is 21.5. The summed E-state index contributed by atoms with van der Waals surface area (Å²) in [6, 6.07) is 19.4. The summed E-state index contributed by atoms with van der Waals surface area (Å²) < 4.78 is 29.5. The molecule has 1 atom stereocenters. The highest BCUT2D eigenvalue weighted by Crippen LogP contribution is 2.31. The van der Waals surface area contributed by atoms with E-state index in [1.807, 2.05) is 38.1 Å². The number of amides is 2. The van der Waals surface area contributed by atoms with Gasteiger partial charge in [0.05, 0.1) is 15.6 Å². The second kappa shape index (κ2) is 13.3. The lowest BCUT2D eigenvalue weighted by molar-refractivity contribution is -0.139. The van der Waals surface area contributed by atoms with Gasteiger partial charge in [-0.2, -0.15) is 0 Å². The summed E-state index contributed by atoms with van der Waals surface area (Å²) in [6.07, 6.45) is 0.743. The lowest BCUT2D eigenvalue weighted by Crippen LogP contribution is -2.51. The molecular weight excluding hydrogens is 590 g/mol. The average Bonchev–Trinajstić information content (AvgIpc) is 2.89. The van der Waals surface area contributed by atoms with Crippen molar-refractivity contribution in [3.8, 4) is 0 Å². The normalized spacial score (nSPS) is 12.0. The standard InChI is InChI=1S/C28H31BrClN3O4S/c1-4-16-31-28(35)21(3)32(18-22-8-7-9-23(29)17-22)27(34)19-33(26-11-6-5-10-25(26)30)38(36,37)24-14-12-20(2)13-15-24/h5-15,17,21H,4,16,18-19H2,1-3H3,(H,31,35)/t21-/m1/s1. The van der Waals surface area contributed by atoms with Crippen molar-refractivity contribution in [2.24, 2.45) is 0 Å². The maximum atomic E-state index is 13.9. The van der Waals surface area contributed by atoms with Crippen molar-refractivity contribution >= 4 is 55.1 Å². The molecule has 0 aromatic heterocycles. The molecule has 3 aromatic carbocycles. The third-order valence-corrected chi connectivity index (χ3v) is 8.55. The summed E-state index contributed by atoms with van der Waals surface area (Å²) in [6.45, 7) is 5.47. The minimum absolute atomic E-state index is 0.0306. The van der Waals surface area contributed by atoms with Gasteiger partial charge >= 0.3 is 0 Å². The van der Waals surface area contributed by atoms with Gasteiger partial charge in [-0.15, -0.1) is 0 Å². The Labute approximate surface area is 238 Å². The third kappa shape index (κ3) is 7.36. The quantitative estimate of drug-likeness (QED) is 0.305. The van der Waals surface area contributed by atoms with Crippen molar-refractivity contribution in [3.05, 3.63) is 93.4 Å². The van der Waals surface area contributed by atoms with Crippen LogP contribution in [0.5, 0.6) is 0 Å². The Morgan fingerprint density at radius 2 is 1.71 bits per heavy atom. The molecule has 2 amide bonds. The van der Waals surface area contributed by atoms with Gasteiger partial charge in [0.2, 0.25) is 11.8 Å². The number of benzene rings is 3. The van der Waals surface area contributed by atoms with Gasteiger partial charge in [-0.05, 0) is 62.2 Å². The summed E-state index contributed by atoms with van der Waals surface area (Å²) in [5.41, 5.74) is 1.86. The number of nitrogens with one attached hydrogen (secondary N) is 1. The second-order valence-corrected chi connectivity index (χ2v) is 12.1. The van der Waals surface area contributed by atoms with Crippen molar-refractivity contribution in [1.82, 2.24) is 10.2 Å². The topological polar surface area (TPSA) is 86.8 Å². The lowest BCUT2D eigenvalue weighted by Gasteiger charge is -2.32. The molecule has 38 heavy (non-hydrogen) atoms. The van der Waals surface area contributed by atoms with E-state index in [2.05, 4.69) is 21.2 Å². The summed E-state index contributed by atoms with van der Waals surface area (Å²) in [5, 5.41) is 3.01. The van der Waals surface area contributed by atoms with Crippen LogP contribution in [0.4, 0.5) is 5.69 Å². The Balaban J connectivity index is 2.03. The Kier molecular flexibility index (Phi) is 10.4. The van der Waals surface area contributed by atoms with Crippen molar-refractivity contribution < 1.29 is 18.0 Å². The molecule has 10 heteroatoms. The van der Waals surface area contributed by atoms with E-state index in [0.717, 1.165) is 26.3 Å². The van der Waals surface area contributed by atoms with E-state index in [0.29, 0.717) is 6.54 Å². The summed E-state index contributed by atoms with van der Waals surface area (Å²) in [7, 11) is -4.17. The van der Waals surface area contributed by atoms with Crippen LogP contribution in [-0.4, -0.2) is 44.3 Å². The van der Waals surface area contributed by atoms with Crippen LogP contribution in [0.15, 0.2) is 82.2 Å². The van der Waals surface area contributed by atoms with Crippen molar-refractivity contribution in [2.45, 2.75) is 44.7 Å². The highest BCUT2D eigenvalue weighted by atomic mass is 79.9. The number of carbonyl (C=O) groups is 2. The smallest absolute Gasteiger partial charge is 0.264 e. The molecular formula is C28H31BrClN3O4S. The van der Waals surface area contributed by atoms with Crippen LogP contribution in [-0.2, 0) is 26.2 Å². The van der Waals surface area contributed by atoms with Gasteiger partial charge in [0.25, 0.3) is 10.0 Å². The first-order chi connectivity index (χ1) is 18.0. The molecule has 0 aliphatic heterocycles. The van der Waals surface area contributed by atoms with E-state index in [-0.39, 0.29) is 28.1 Å². The van der Waals surface area contributed by atoms with Crippen LogP contribution >= 0.6 is 27.5 Å². The Hall–Kier alpha value is -2.88. The van der Waals surface area contributed by atoms with Crippen molar-refractivity contribution in [1.29, 1.82) is 0 Å². The van der Waals surface area contributed by atoms with Crippen LogP contribution < -0.4 is 9.62 Å². The fourth-order valence-electron chi connectivity index (χ4n) is 3.82. The molecule has 0 radical (unpaired) electrons. The van der Waals surface area contributed by atoms with Crippen molar-refractivity contribution in [3.63, 3.8) is 0 Å². The van der Waals surface area contributed by atoms with Gasteiger partial charge in [0.15, 0.2) is 0 Å². The number of anilines is 1. The number of hydrogen-bond donors (Lipinski definition) is 1. The summed E-state index contributed by atoms with van der Waals surface area (Å²) >= 11 is 9.86. The summed E-state index contributed by atoms with van der Waals surface area (Å²) in [5.74, 6) is -0.861. The zero-order chi connectivity index (χ0) is 27.9. The van der Waals surface area contributed by atoms with Gasteiger partial charge in [-0.3, -0.25) is 13.9 Å². The van der Waals surface area contributed by atoms with Crippen LogP contribution in [0.25, 0.3) is 0 Å². The molecule has 0 fully saturated rings. The molecule has 0 aliphatic carbocycles. The van der Waals surface area contributed by atoms with Crippen LogP contribution in [0.3, 0.4) is 0 Å². The Bertz CT molecular complexity index is 1380. The first kappa shape index (κ1) is 29.7. The van der Waals surface area contributed by atoms with E-state index in [9.17, 15) is 18.0 Å². The fourth-order valence-corrected chi connectivity index (χ4v) is 5.98. The average molecular weight is 621 g/mol. The van der Waals surface area contributed by atoms with E-state index >= 15 is 0 Å². The third-order valence-electron chi connectivity index (χ3n) is 5.97. The summed E-state index contributed by atoms with van der Waals surface area (Å²) in [4.78, 5) is 28.2. The molecule has 0 heterocycles. The second-order valence-electron chi connectivity index (χ2n) is 8.89. The van der Waals surface area contributed by atoms with E-state index in [1.165, 1.54) is 17.0 Å². The molecule has 3 rings (SSSR count). The predicted molar refractivity (Wildman–Crippen MR) is 155 cm³/mol. The molecule has 0 saturated heterocycles. The maximum Gasteiger partial charge on any atom is 0.264 e. The molecule has 0 aliphatic rings. The predicted octanol–water partition coefficient (Wildman–Crippen LogP) is 5.55. The molecule has 7 nitrogen and oxygen atoms in total. The van der Waals surface area contributed by atoms with Gasteiger partial charge in [-0.1, -0.05) is 76.4 Å². The molecule has 0 bridgehead atoms. The maximum absolute atomic E-state index is 13.9. The molecule has 202 valence electrons. The number of sulfonamides is 1. The van der Waals surface area contributed by atoms with Gasteiger partial charge < -0.3 is 10.2 Å². The number of nitrogens with zero attached hydrogens (tertiary/aromatic N) is 2. The van der Waals surface area contributed by atoms with Crippen molar-refractivity contribution in [2.75, 3.05) is 17.4 Å². The van der Waals surface area contributed by atoms with Crippen LogP contribution in [0.2, 0.25) is 5.02 Å².